The lowest BCUT2D eigenvalue weighted by atomic mass is 10.0. The molecule has 5 heteroatoms. The molecule has 1 heterocycles. The highest BCUT2D eigenvalue weighted by molar-refractivity contribution is 7.15. The summed E-state index contributed by atoms with van der Waals surface area (Å²) < 4.78 is 27.8. The molecule has 20 heavy (non-hydrogen) atoms. The molecule has 1 aromatic heterocycles. The number of hydrogen-bond acceptors (Lipinski definition) is 3. The Hall–Kier alpha value is -1.33. The van der Waals surface area contributed by atoms with Gasteiger partial charge in [-0.3, -0.25) is 0 Å². The van der Waals surface area contributed by atoms with Crippen molar-refractivity contribution in [3.05, 3.63) is 40.4 Å². The maximum absolute atomic E-state index is 13.9. The van der Waals surface area contributed by atoms with Gasteiger partial charge in [-0.1, -0.05) is 6.07 Å². The van der Waals surface area contributed by atoms with Crippen molar-refractivity contribution < 1.29 is 8.78 Å². The highest BCUT2D eigenvalue weighted by Gasteiger charge is 2.34. The minimum Gasteiger partial charge on any atom is -0.321 e. The molecule has 1 aromatic carbocycles. The largest absolute Gasteiger partial charge is 0.321 e. The average Bonchev–Trinajstić information content (AvgIpc) is 3.08. The standard InChI is InChI=1S/C15H16F2N2S/c1-15(2,18)13-12(8-6-7-8)19-14(20-13)11-9(16)4-3-5-10(11)17/h3-5,8H,6-7,18H2,1-2H3. The fraction of sp³-hybridized carbons (Fsp3) is 0.400. The van der Waals surface area contributed by atoms with Crippen molar-refractivity contribution >= 4 is 11.3 Å². The third-order valence-electron chi connectivity index (χ3n) is 3.38. The van der Waals surface area contributed by atoms with Gasteiger partial charge in [-0.25, -0.2) is 13.8 Å². The van der Waals surface area contributed by atoms with Crippen LogP contribution in [0.25, 0.3) is 10.6 Å². The molecule has 2 aromatic rings. The highest BCUT2D eigenvalue weighted by Crippen LogP contribution is 2.47. The van der Waals surface area contributed by atoms with E-state index in [1.54, 1.807) is 0 Å². The summed E-state index contributed by atoms with van der Waals surface area (Å²) in [6.45, 7) is 3.79. The monoisotopic (exact) mass is 294 g/mol. The van der Waals surface area contributed by atoms with Gasteiger partial charge in [-0.15, -0.1) is 11.3 Å². The molecular formula is C15H16F2N2S. The van der Waals surface area contributed by atoms with Crippen molar-refractivity contribution in [3.8, 4) is 10.6 Å². The second kappa shape index (κ2) is 4.60. The van der Waals surface area contributed by atoms with Crippen LogP contribution in [0.4, 0.5) is 8.78 Å². The molecular weight excluding hydrogens is 278 g/mol. The predicted molar refractivity (Wildman–Crippen MR) is 76.7 cm³/mol. The molecule has 0 radical (unpaired) electrons. The van der Waals surface area contributed by atoms with Gasteiger partial charge in [0.2, 0.25) is 0 Å². The molecule has 2 nitrogen and oxygen atoms in total. The third kappa shape index (κ3) is 2.36. The van der Waals surface area contributed by atoms with Crippen molar-refractivity contribution in [2.75, 3.05) is 0 Å². The molecule has 0 spiro atoms. The summed E-state index contributed by atoms with van der Waals surface area (Å²) in [5.41, 5.74) is 6.50. The Labute approximate surface area is 120 Å². The lowest BCUT2D eigenvalue weighted by molar-refractivity contribution is 0.558. The van der Waals surface area contributed by atoms with E-state index in [4.69, 9.17) is 5.73 Å². The van der Waals surface area contributed by atoms with E-state index >= 15 is 0 Å². The first kappa shape index (κ1) is 13.6. The van der Waals surface area contributed by atoms with Crippen LogP contribution in [-0.4, -0.2) is 4.98 Å². The molecule has 0 bridgehead atoms. The summed E-state index contributed by atoms with van der Waals surface area (Å²) >= 11 is 1.30. The number of nitrogens with zero attached hydrogens (tertiary/aromatic N) is 1. The maximum atomic E-state index is 13.9. The van der Waals surface area contributed by atoms with Gasteiger partial charge in [-0.2, -0.15) is 0 Å². The lowest BCUT2D eigenvalue weighted by Gasteiger charge is -2.17. The van der Waals surface area contributed by atoms with Crippen LogP contribution in [0.1, 0.15) is 43.2 Å². The van der Waals surface area contributed by atoms with E-state index in [-0.39, 0.29) is 5.56 Å². The number of rotatable bonds is 3. The van der Waals surface area contributed by atoms with Crippen LogP contribution < -0.4 is 5.73 Å². The summed E-state index contributed by atoms with van der Waals surface area (Å²) in [5.74, 6) is -0.766. The molecule has 0 unspecified atom stereocenters. The summed E-state index contributed by atoms with van der Waals surface area (Å²) in [5, 5.41) is 0.385. The van der Waals surface area contributed by atoms with Crippen LogP contribution in [0.2, 0.25) is 0 Å². The van der Waals surface area contributed by atoms with E-state index in [1.807, 2.05) is 13.8 Å². The quantitative estimate of drug-likeness (QED) is 0.923. The summed E-state index contributed by atoms with van der Waals surface area (Å²) in [6.07, 6.45) is 2.15. The van der Waals surface area contributed by atoms with Gasteiger partial charge in [0.25, 0.3) is 0 Å². The molecule has 0 atom stereocenters. The second-order valence-corrected chi connectivity index (χ2v) is 6.83. The molecule has 0 saturated heterocycles. The van der Waals surface area contributed by atoms with Gasteiger partial charge in [0.05, 0.1) is 11.3 Å². The number of nitrogens with two attached hydrogens (primary N) is 1. The molecule has 1 aliphatic carbocycles. The molecule has 1 saturated carbocycles. The fourth-order valence-corrected chi connectivity index (χ4v) is 3.45. The molecule has 1 fully saturated rings. The topological polar surface area (TPSA) is 38.9 Å². The van der Waals surface area contributed by atoms with E-state index in [0.717, 1.165) is 23.4 Å². The average molecular weight is 294 g/mol. The number of benzene rings is 1. The first-order valence-electron chi connectivity index (χ1n) is 6.62. The van der Waals surface area contributed by atoms with Crippen LogP contribution in [0, 0.1) is 11.6 Å². The summed E-state index contributed by atoms with van der Waals surface area (Å²) in [6, 6.07) is 3.87. The normalized spacial score (nSPS) is 15.7. The molecule has 3 rings (SSSR count). The van der Waals surface area contributed by atoms with Gasteiger partial charge in [-0.05, 0) is 38.8 Å². The molecule has 106 valence electrons. The van der Waals surface area contributed by atoms with Gasteiger partial charge < -0.3 is 5.73 Å². The van der Waals surface area contributed by atoms with Crippen molar-refractivity contribution in [3.63, 3.8) is 0 Å². The maximum Gasteiger partial charge on any atom is 0.136 e. The van der Waals surface area contributed by atoms with Crippen LogP contribution in [0.3, 0.4) is 0 Å². The van der Waals surface area contributed by atoms with E-state index in [1.165, 1.54) is 29.5 Å². The zero-order valence-electron chi connectivity index (χ0n) is 11.4. The van der Waals surface area contributed by atoms with Gasteiger partial charge in [0, 0.05) is 16.3 Å². The molecule has 2 N–H and O–H groups in total. The Morgan fingerprint density at radius 3 is 2.35 bits per heavy atom. The molecule has 0 aliphatic heterocycles. The fourth-order valence-electron chi connectivity index (χ4n) is 2.24. The number of hydrogen-bond donors (Lipinski definition) is 1. The number of halogens is 2. The lowest BCUT2D eigenvalue weighted by Crippen LogP contribution is -2.28. The SMILES string of the molecule is CC(C)(N)c1sc(-c2c(F)cccc2F)nc1C1CC1. The van der Waals surface area contributed by atoms with Crippen LogP contribution in [0.15, 0.2) is 18.2 Å². The minimum absolute atomic E-state index is 0.0464. The van der Waals surface area contributed by atoms with E-state index in [0.29, 0.717) is 10.9 Å². The van der Waals surface area contributed by atoms with Crippen molar-refractivity contribution in [2.45, 2.75) is 38.1 Å². The van der Waals surface area contributed by atoms with Crippen LogP contribution >= 0.6 is 11.3 Å². The molecule has 0 amide bonds. The van der Waals surface area contributed by atoms with Crippen LogP contribution in [-0.2, 0) is 5.54 Å². The first-order chi connectivity index (χ1) is 9.38. The molecule has 1 aliphatic rings. The highest BCUT2D eigenvalue weighted by atomic mass is 32.1. The Kier molecular flexibility index (Phi) is 3.14. The zero-order chi connectivity index (χ0) is 14.5. The van der Waals surface area contributed by atoms with E-state index < -0.39 is 17.2 Å². The first-order valence-corrected chi connectivity index (χ1v) is 7.44. The Balaban J connectivity index is 2.16. The Bertz CT molecular complexity index is 634. The van der Waals surface area contributed by atoms with E-state index in [9.17, 15) is 8.78 Å². The summed E-state index contributed by atoms with van der Waals surface area (Å²) in [7, 11) is 0. The number of thiazole rings is 1. The van der Waals surface area contributed by atoms with E-state index in [2.05, 4.69) is 4.98 Å². The third-order valence-corrected chi connectivity index (χ3v) is 4.81. The number of aromatic nitrogens is 1. The predicted octanol–water partition coefficient (Wildman–Crippen LogP) is 4.16. The van der Waals surface area contributed by atoms with Crippen molar-refractivity contribution in [1.29, 1.82) is 0 Å². The zero-order valence-corrected chi connectivity index (χ0v) is 12.2. The van der Waals surface area contributed by atoms with Crippen molar-refractivity contribution in [1.82, 2.24) is 4.98 Å². The van der Waals surface area contributed by atoms with Gasteiger partial charge >= 0.3 is 0 Å². The minimum atomic E-state index is -0.581. The Morgan fingerprint density at radius 2 is 1.85 bits per heavy atom. The second-order valence-electron chi connectivity index (χ2n) is 5.83. The van der Waals surface area contributed by atoms with Gasteiger partial charge in [0.15, 0.2) is 0 Å². The Morgan fingerprint density at radius 1 is 1.25 bits per heavy atom. The van der Waals surface area contributed by atoms with Gasteiger partial charge in [0.1, 0.15) is 16.6 Å². The van der Waals surface area contributed by atoms with Crippen LogP contribution in [0.5, 0.6) is 0 Å². The smallest absolute Gasteiger partial charge is 0.136 e. The van der Waals surface area contributed by atoms with Crippen molar-refractivity contribution in [2.24, 2.45) is 5.73 Å². The summed E-state index contributed by atoms with van der Waals surface area (Å²) in [4.78, 5) is 5.42.